The zero-order chi connectivity index (χ0) is 14.5. The Labute approximate surface area is 131 Å². The van der Waals surface area contributed by atoms with E-state index in [-0.39, 0.29) is 5.91 Å². The van der Waals surface area contributed by atoms with Gasteiger partial charge in [-0.2, -0.15) is 0 Å². The molecule has 1 fully saturated rings. The number of nitrogens with zero attached hydrogens (tertiary/aromatic N) is 2. The van der Waals surface area contributed by atoms with Gasteiger partial charge in [0.25, 0.3) is 5.91 Å². The fourth-order valence-corrected chi connectivity index (χ4v) is 3.85. The molecule has 0 unspecified atom stereocenters. The first-order chi connectivity index (χ1) is 10.3. The number of amides is 1. The summed E-state index contributed by atoms with van der Waals surface area (Å²) in [6, 6.07) is 3.88. The standard InChI is InChI=1S/C17H24N2OS/c20-17(16-7-4-14-21-16)19-12-10-18(11-13-19)9-8-15-5-2-1-3-6-15/h4-5,7,14H,1-3,6,8-13H2. The number of carbonyl (C=O) groups is 1. The molecule has 0 N–H and O–H groups in total. The van der Waals surface area contributed by atoms with E-state index < -0.39 is 0 Å². The predicted octanol–water partition coefficient (Wildman–Crippen LogP) is 3.40. The minimum absolute atomic E-state index is 0.208. The van der Waals surface area contributed by atoms with Crippen LogP contribution in [-0.2, 0) is 0 Å². The molecule has 1 amide bonds. The number of carbonyl (C=O) groups excluding carboxylic acids is 1. The highest BCUT2D eigenvalue weighted by molar-refractivity contribution is 7.12. The van der Waals surface area contributed by atoms with Gasteiger partial charge in [-0.3, -0.25) is 9.69 Å². The predicted molar refractivity (Wildman–Crippen MR) is 87.8 cm³/mol. The second kappa shape index (κ2) is 7.23. The Kier molecular flexibility index (Phi) is 5.09. The topological polar surface area (TPSA) is 23.6 Å². The first-order valence-electron chi connectivity index (χ1n) is 8.06. The van der Waals surface area contributed by atoms with Gasteiger partial charge in [-0.05, 0) is 43.6 Å². The maximum Gasteiger partial charge on any atom is 0.264 e. The Hall–Kier alpha value is -1.13. The fourth-order valence-electron chi connectivity index (χ4n) is 3.16. The van der Waals surface area contributed by atoms with E-state index in [2.05, 4.69) is 11.0 Å². The van der Waals surface area contributed by atoms with Crippen molar-refractivity contribution >= 4 is 17.2 Å². The highest BCUT2D eigenvalue weighted by Crippen LogP contribution is 2.21. The molecule has 1 aliphatic carbocycles. The molecule has 1 saturated heterocycles. The minimum Gasteiger partial charge on any atom is -0.335 e. The average Bonchev–Trinajstić information content (AvgIpc) is 3.08. The SMILES string of the molecule is O=C(c1cccs1)N1CCN(CCC2=CCCCC2)CC1. The lowest BCUT2D eigenvalue weighted by Crippen LogP contribution is -2.48. The van der Waals surface area contributed by atoms with Crippen LogP contribution in [0.2, 0.25) is 0 Å². The summed E-state index contributed by atoms with van der Waals surface area (Å²) >= 11 is 1.54. The summed E-state index contributed by atoms with van der Waals surface area (Å²) in [5.74, 6) is 0.208. The number of allylic oxidation sites excluding steroid dienone is 1. The van der Waals surface area contributed by atoms with E-state index >= 15 is 0 Å². The molecule has 0 aromatic carbocycles. The largest absolute Gasteiger partial charge is 0.335 e. The molecule has 1 aromatic rings. The number of thiophene rings is 1. The number of hydrogen-bond acceptors (Lipinski definition) is 3. The lowest BCUT2D eigenvalue weighted by atomic mass is 9.97. The van der Waals surface area contributed by atoms with Crippen LogP contribution in [0.15, 0.2) is 29.2 Å². The normalized spacial score (nSPS) is 20.4. The van der Waals surface area contributed by atoms with Crippen LogP contribution < -0.4 is 0 Å². The van der Waals surface area contributed by atoms with Gasteiger partial charge in [0, 0.05) is 32.7 Å². The van der Waals surface area contributed by atoms with E-state index in [1.807, 2.05) is 22.4 Å². The third kappa shape index (κ3) is 3.95. The summed E-state index contributed by atoms with van der Waals surface area (Å²) in [5.41, 5.74) is 1.65. The van der Waals surface area contributed by atoms with Crippen molar-refractivity contribution in [3.8, 4) is 0 Å². The maximum absolute atomic E-state index is 12.3. The third-order valence-corrected chi connectivity index (χ3v) is 5.38. The van der Waals surface area contributed by atoms with Crippen LogP contribution in [0.5, 0.6) is 0 Å². The van der Waals surface area contributed by atoms with Gasteiger partial charge < -0.3 is 4.90 Å². The second-order valence-corrected chi connectivity index (χ2v) is 6.92. The molecule has 0 saturated carbocycles. The van der Waals surface area contributed by atoms with Crippen molar-refractivity contribution in [2.45, 2.75) is 32.1 Å². The van der Waals surface area contributed by atoms with Crippen LogP contribution in [0.1, 0.15) is 41.8 Å². The van der Waals surface area contributed by atoms with E-state index in [1.54, 1.807) is 16.9 Å². The van der Waals surface area contributed by atoms with Crippen LogP contribution in [0, 0.1) is 0 Å². The Bertz CT molecular complexity index is 487. The summed E-state index contributed by atoms with van der Waals surface area (Å²) in [4.78, 5) is 17.7. The number of rotatable bonds is 4. The van der Waals surface area contributed by atoms with Crippen molar-refractivity contribution in [1.29, 1.82) is 0 Å². The first-order valence-corrected chi connectivity index (χ1v) is 8.94. The quantitative estimate of drug-likeness (QED) is 0.796. The molecule has 0 spiro atoms. The Morgan fingerprint density at radius 1 is 1.19 bits per heavy atom. The maximum atomic E-state index is 12.3. The molecule has 2 aliphatic rings. The van der Waals surface area contributed by atoms with Crippen LogP contribution in [0.25, 0.3) is 0 Å². The zero-order valence-electron chi connectivity index (χ0n) is 12.6. The average molecular weight is 304 g/mol. The van der Waals surface area contributed by atoms with Crippen molar-refractivity contribution in [1.82, 2.24) is 9.80 Å². The molecule has 2 heterocycles. The van der Waals surface area contributed by atoms with Gasteiger partial charge in [0.15, 0.2) is 0 Å². The van der Waals surface area contributed by atoms with Gasteiger partial charge in [-0.15, -0.1) is 11.3 Å². The molecule has 0 radical (unpaired) electrons. The molecular formula is C17H24N2OS. The van der Waals surface area contributed by atoms with Gasteiger partial charge in [-0.25, -0.2) is 0 Å². The van der Waals surface area contributed by atoms with Crippen molar-refractivity contribution in [2.24, 2.45) is 0 Å². The molecule has 3 nitrogen and oxygen atoms in total. The highest BCUT2D eigenvalue weighted by Gasteiger charge is 2.22. The van der Waals surface area contributed by atoms with Crippen molar-refractivity contribution < 1.29 is 4.79 Å². The van der Waals surface area contributed by atoms with E-state index in [4.69, 9.17) is 0 Å². The van der Waals surface area contributed by atoms with Crippen molar-refractivity contribution in [3.63, 3.8) is 0 Å². The second-order valence-electron chi connectivity index (χ2n) is 5.97. The smallest absolute Gasteiger partial charge is 0.264 e. The zero-order valence-corrected chi connectivity index (χ0v) is 13.4. The first kappa shape index (κ1) is 14.8. The molecule has 0 atom stereocenters. The summed E-state index contributed by atoms with van der Waals surface area (Å²) in [7, 11) is 0. The molecule has 114 valence electrons. The van der Waals surface area contributed by atoms with Crippen molar-refractivity contribution in [3.05, 3.63) is 34.0 Å². The molecule has 3 rings (SSSR count). The van der Waals surface area contributed by atoms with Crippen LogP contribution in [-0.4, -0.2) is 48.4 Å². The van der Waals surface area contributed by atoms with Crippen LogP contribution in [0.4, 0.5) is 0 Å². The fraction of sp³-hybridized carbons (Fsp3) is 0.588. The highest BCUT2D eigenvalue weighted by atomic mass is 32.1. The van der Waals surface area contributed by atoms with Gasteiger partial charge in [0.2, 0.25) is 0 Å². The summed E-state index contributed by atoms with van der Waals surface area (Å²) in [6.45, 7) is 4.94. The van der Waals surface area contributed by atoms with E-state index in [1.165, 1.54) is 32.1 Å². The molecule has 4 heteroatoms. The minimum atomic E-state index is 0.208. The Morgan fingerprint density at radius 2 is 2.05 bits per heavy atom. The lowest BCUT2D eigenvalue weighted by molar-refractivity contribution is 0.0643. The van der Waals surface area contributed by atoms with Gasteiger partial charge in [0.1, 0.15) is 0 Å². The molecule has 1 aromatic heterocycles. The van der Waals surface area contributed by atoms with Gasteiger partial charge >= 0.3 is 0 Å². The number of piperazine rings is 1. The monoisotopic (exact) mass is 304 g/mol. The molecule has 1 aliphatic heterocycles. The summed E-state index contributed by atoms with van der Waals surface area (Å²) < 4.78 is 0. The van der Waals surface area contributed by atoms with Crippen LogP contribution in [0.3, 0.4) is 0 Å². The Balaban J connectivity index is 1.42. The Morgan fingerprint density at radius 3 is 2.71 bits per heavy atom. The van der Waals surface area contributed by atoms with Gasteiger partial charge in [0.05, 0.1) is 4.88 Å². The lowest BCUT2D eigenvalue weighted by Gasteiger charge is -2.34. The van der Waals surface area contributed by atoms with Crippen LogP contribution >= 0.6 is 11.3 Å². The van der Waals surface area contributed by atoms with E-state index in [9.17, 15) is 4.79 Å². The van der Waals surface area contributed by atoms with E-state index in [0.29, 0.717) is 0 Å². The number of hydrogen-bond donors (Lipinski definition) is 0. The molecular weight excluding hydrogens is 280 g/mol. The summed E-state index contributed by atoms with van der Waals surface area (Å²) in [5, 5.41) is 1.97. The van der Waals surface area contributed by atoms with Crippen molar-refractivity contribution in [2.75, 3.05) is 32.7 Å². The molecule has 0 bridgehead atoms. The van der Waals surface area contributed by atoms with E-state index in [0.717, 1.165) is 37.6 Å². The third-order valence-electron chi connectivity index (χ3n) is 4.53. The molecule has 21 heavy (non-hydrogen) atoms. The summed E-state index contributed by atoms with van der Waals surface area (Å²) in [6.07, 6.45) is 8.98. The van der Waals surface area contributed by atoms with Gasteiger partial charge in [-0.1, -0.05) is 17.7 Å².